The van der Waals surface area contributed by atoms with E-state index in [-0.39, 0.29) is 21.4 Å². The van der Waals surface area contributed by atoms with E-state index in [1.165, 1.54) is 38.4 Å². The number of carbonyl (C=O) groups excluding carboxylic acids is 1. The number of piperazine rings is 1. The van der Waals surface area contributed by atoms with Gasteiger partial charge in [-0.15, -0.1) is 0 Å². The lowest BCUT2D eigenvalue weighted by Crippen LogP contribution is -2.48. The molecule has 174 valence electrons. The van der Waals surface area contributed by atoms with Crippen molar-refractivity contribution in [2.45, 2.75) is 17.6 Å². The molecule has 1 saturated heterocycles. The van der Waals surface area contributed by atoms with Crippen LogP contribution < -0.4 is 0 Å². The average Bonchev–Trinajstić information content (AvgIpc) is 2.73. The van der Waals surface area contributed by atoms with Gasteiger partial charge < -0.3 is 4.90 Å². The van der Waals surface area contributed by atoms with Gasteiger partial charge in [0.25, 0.3) is 5.91 Å². The van der Waals surface area contributed by atoms with E-state index in [2.05, 4.69) is 0 Å². The Kier molecular flexibility index (Phi) is 7.18. The van der Waals surface area contributed by atoms with Gasteiger partial charge in [0.1, 0.15) is 4.90 Å². The Hall–Kier alpha value is -2.14. The summed E-state index contributed by atoms with van der Waals surface area (Å²) < 4.78 is 64.7. The normalized spacial score (nSPS) is 15.9. The Morgan fingerprint density at radius 2 is 1.72 bits per heavy atom. The smallest absolute Gasteiger partial charge is 0.336 e. The molecular formula is C21H23ClF3N3O3S. The van der Waals surface area contributed by atoms with Crippen molar-refractivity contribution in [2.75, 3.05) is 40.3 Å². The number of nitrogens with zero attached hydrogens (tertiary/aromatic N) is 3. The minimum absolute atomic E-state index is 0.0288. The van der Waals surface area contributed by atoms with Crippen molar-refractivity contribution in [3.05, 3.63) is 64.2 Å². The Labute approximate surface area is 190 Å². The lowest BCUT2D eigenvalue weighted by molar-refractivity contribution is -0.137. The van der Waals surface area contributed by atoms with Crippen molar-refractivity contribution in [3.63, 3.8) is 0 Å². The molecule has 11 heteroatoms. The molecule has 0 spiro atoms. The summed E-state index contributed by atoms with van der Waals surface area (Å²) in [4.78, 5) is 16.3. The van der Waals surface area contributed by atoms with Crippen molar-refractivity contribution in [2.24, 2.45) is 0 Å². The molecule has 3 rings (SSSR count). The number of halogens is 4. The Morgan fingerprint density at radius 3 is 2.31 bits per heavy atom. The number of rotatable bonds is 5. The van der Waals surface area contributed by atoms with Crippen LogP contribution in [0, 0.1) is 0 Å². The summed E-state index contributed by atoms with van der Waals surface area (Å²) in [6.07, 6.45) is -4.39. The number of benzene rings is 2. The third-order valence-corrected chi connectivity index (χ3v) is 7.55. The molecule has 0 saturated carbocycles. The fraction of sp³-hybridized carbons (Fsp3) is 0.381. The van der Waals surface area contributed by atoms with Gasteiger partial charge in [0.05, 0.1) is 10.6 Å². The fourth-order valence-corrected chi connectivity index (χ4v) is 4.82. The van der Waals surface area contributed by atoms with Gasteiger partial charge in [-0.1, -0.05) is 29.8 Å². The molecule has 0 radical (unpaired) electrons. The van der Waals surface area contributed by atoms with E-state index in [0.717, 1.165) is 16.4 Å². The predicted octanol–water partition coefficient (Wildman–Crippen LogP) is 3.57. The molecule has 2 aromatic rings. The second-order valence-corrected chi connectivity index (χ2v) is 10.2. The molecule has 1 aliphatic heterocycles. The minimum atomic E-state index is -4.39. The monoisotopic (exact) mass is 489 g/mol. The number of carbonyl (C=O) groups is 1. The number of hydrogen-bond donors (Lipinski definition) is 0. The molecule has 1 amide bonds. The molecule has 0 N–H and O–H groups in total. The van der Waals surface area contributed by atoms with Crippen molar-refractivity contribution < 1.29 is 26.4 Å². The SMILES string of the molecule is CN(C)S(=O)(=O)c1cc(C(=O)N2CCN(Cc3cccc(C(F)(F)F)c3)CC2)ccc1Cl. The maximum atomic E-state index is 12.9. The fourth-order valence-electron chi connectivity index (χ4n) is 3.43. The molecule has 1 fully saturated rings. The van der Waals surface area contributed by atoms with E-state index in [4.69, 9.17) is 11.6 Å². The number of sulfonamides is 1. The molecule has 6 nitrogen and oxygen atoms in total. The highest BCUT2D eigenvalue weighted by atomic mass is 35.5. The zero-order valence-electron chi connectivity index (χ0n) is 17.6. The summed E-state index contributed by atoms with van der Waals surface area (Å²) in [5.74, 6) is -0.324. The van der Waals surface area contributed by atoms with Crippen LogP contribution in [0.3, 0.4) is 0 Å². The van der Waals surface area contributed by atoms with E-state index in [9.17, 15) is 26.4 Å². The molecule has 1 heterocycles. The Balaban J connectivity index is 1.67. The van der Waals surface area contributed by atoms with Gasteiger partial charge in [0, 0.05) is 52.4 Å². The van der Waals surface area contributed by atoms with Crippen LogP contribution in [0.4, 0.5) is 13.2 Å². The summed E-state index contributed by atoms with van der Waals surface area (Å²) in [7, 11) is -1.05. The number of alkyl halides is 3. The van der Waals surface area contributed by atoms with Crippen LogP contribution in [-0.4, -0.2) is 68.7 Å². The van der Waals surface area contributed by atoms with Gasteiger partial charge in [-0.2, -0.15) is 13.2 Å². The van der Waals surface area contributed by atoms with E-state index in [0.29, 0.717) is 38.3 Å². The summed E-state index contributed by atoms with van der Waals surface area (Å²) >= 11 is 6.04. The summed E-state index contributed by atoms with van der Waals surface area (Å²) in [6, 6.07) is 9.35. The van der Waals surface area contributed by atoms with Gasteiger partial charge in [0.15, 0.2) is 0 Å². The quantitative estimate of drug-likeness (QED) is 0.644. The summed E-state index contributed by atoms with van der Waals surface area (Å²) in [5, 5.41) is 0.0288. The van der Waals surface area contributed by atoms with Crippen LogP contribution >= 0.6 is 11.6 Å². The second kappa shape index (κ2) is 9.38. The molecule has 0 aliphatic carbocycles. The Morgan fingerprint density at radius 1 is 1.06 bits per heavy atom. The lowest BCUT2D eigenvalue weighted by atomic mass is 10.1. The summed E-state index contributed by atoms with van der Waals surface area (Å²) in [5.41, 5.74) is 0.0759. The minimum Gasteiger partial charge on any atom is -0.336 e. The van der Waals surface area contributed by atoms with Crippen LogP contribution in [0.1, 0.15) is 21.5 Å². The average molecular weight is 490 g/mol. The molecule has 0 unspecified atom stereocenters. The molecule has 32 heavy (non-hydrogen) atoms. The van der Waals surface area contributed by atoms with Crippen molar-refractivity contribution in [1.82, 2.24) is 14.1 Å². The molecule has 2 aromatic carbocycles. The van der Waals surface area contributed by atoms with Gasteiger partial charge >= 0.3 is 6.18 Å². The Bertz CT molecular complexity index is 1100. The van der Waals surface area contributed by atoms with Crippen LogP contribution in [-0.2, 0) is 22.7 Å². The van der Waals surface area contributed by atoms with Crippen molar-refractivity contribution in [1.29, 1.82) is 0 Å². The zero-order chi connectivity index (χ0) is 23.7. The topological polar surface area (TPSA) is 60.9 Å². The first kappa shape index (κ1) is 24.5. The second-order valence-electron chi connectivity index (χ2n) is 7.70. The van der Waals surface area contributed by atoms with Crippen LogP contribution in [0.2, 0.25) is 5.02 Å². The van der Waals surface area contributed by atoms with Gasteiger partial charge in [0.2, 0.25) is 10.0 Å². The highest BCUT2D eigenvalue weighted by Gasteiger charge is 2.31. The molecule has 1 aliphatic rings. The first-order valence-corrected chi connectivity index (χ1v) is 11.6. The highest BCUT2D eigenvalue weighted by molar-refractivity contribution is 7.89. The van der Waals surface area contributed by atoms with Gasteiger partial charge in [-0.3, -0.25) is 9.69 Å². The summed E-state index contributed by atoms with van der Waals surface area (Å²) in [6.45, 7) is 2.06. The van der Waals surface area contributed by atoms with Crippen LogP contribution in [0.25, 0.3) is 0 Å². The molecule has 0 bridgehead atoms. The number of amides is 1. The van der Waals surface area contributed by atoms with E-state index >= 15 is 0 Å². The van der Waals surface area contributed by atoms with Crippen LogP contribution in [0.15, 0.2) is 47.4 Å². The maximum Gasteiger partial charge on any atom is 0.416 e. The van der Waals surface area contributed by atoms with Crippen molar-refractivity contribution in [3.8, 4) is 0 Å². The largest absolute Gasteiger partial charge is 0.416 e. The molecular weight excluding hydrogens is 467 g/mol. The van der Waals surface area contributed by atoms with E-state index in [1.54, 1.807) is 11.0 Å². The third kappa shape index (κ3) is 5.43. The van der Waals surface area contributed by atoms with Gasteiger partial charge in [-0.05, 0) is 29.8 Å². The highest BCUT2D eigenvalue weighted by Crippen LogP contribution is 2.30. The predicted molar refractivity (Wildman–Crippen MR) is 115 cm³/mol. The first-order chi connectivity index (χ1) is 14.9. The molecule has 0 aromatic heterocycles. The number of hydrogen-bond acceptors (Lipinski definition) is 4. The van der Waals surface area contributed by atoms with Gasteiger partial charge in [-0.25, -0.2) is 12.7 Å². The van der Waals surface area contributed by atoms with Crippen LogP contribution in [0.5, 0.6) is 0 Å². The first-order valence-electron chi connectivity index (χ1n) is 9.79. The zero-order valence-corrected chi connectivity index (χ0v) is 19.1. The van der Waals surface area contributed by atoms with E-state index < -0.39 is 21.8 Å². The maximum absolute atomic E-state index is 12.9. The standard InChI is InChI=1S/C21H23ClF3N3O3S/c1-26(2)32(30,31)19-13-16(6-7-18(19)22)20(29)28-10-8-27(9-11-28)14-15-4-3-5-17(12-15)21(23,24)25/h3-7,12-13H,8-11,14H2,1-2H3. The third-order valence-electron chi connectivity index (χ3n) is 5.26. The molecule has 0 atom stereocenters. The van der Waals surface area contributed by atoms with E-state index in [1.807, 2.05) is 4.90 Å². The lowest BCUT2D eigenvalue weighted by Gasteiger charge is -2.35. The van der Waals surface area contributed by atoms with Crippen molar-refractivity contribution >= 4 is 27.5 Å².